The van der Waals surface area contributed by atoms with Crippen molar-refractivity contribution in [3.8, 4) is 0 Å². The van der Waals surface area contributed by atoms with Gasteiger partial charge in [-0.3, -0.25) is 0 Å². The normalized spacial score (nSPS) is 17.4. The number of hydrogen-bond acceptors (Lipinski definition) is 6. The van der Waals surface area contributed by atoms with Gasteiger partial charge >= 0.3 is 31.3 Å². The molecule has 166 valence electrons. The Morgan fingerprint density at radius 2 is 0.967 bits per heavy atom. The van der Waals surface area contributed by atoms with Gasteiger partial charge in [-0.1, -0.05) is 12.1 Å². The third-order valence-corrected chi connectivity index (χ3v) is 6.36. The molecule has 0 saturated heterocycles. The quantitative estimate of drug-likeness (QED) is 0.370. The van der Waals surface area contributed by atoms with Crippen LogP contribution in [-0.2, 0) is 41.4 Å². The van der Waals surface area contributed by atoms with Crippen LogP contribution in [0.2, 0.25) is 0 Å². The van der Waals surface area contributed by atoms with Crippen molar-refractivity contribution in [1.82, 2.24) is 0 Å². The van der Waals surface area contributed by atoms with Gasteiger partial charge < -0.3 is 8.37 Å². The summed E-state index contributed by atoms with van der Waals surface area (Å²) in [5, 5.41) is 0. The van der Waals surface area contributed by atoms with E-state index >= 15 is 0 Å². The van der Waals surface area contributed by atoms with E-state index in [2.05, 4.69) is 8.37 Å². The van der Waals surface area contributed by atoms with Gasteiger partial charge in [-0.2, -0.15) is 43.2 Å². The first-order valence-electron chi connectivity index (χ1n) is 8.18. The molecule has 0 unspecified atom stereocenters. The first kappa shape index (κ1) is 22.5. The number of halogens is 6. The zero-order chi connectivity index (χ0) is 22.5. The lowest BCUT2D eigenvalue weighted by Crippen LogP contribution is -2.26. The third kappa shape index (κ3) is 4.29. The molecule has 1 aromatic carbocycles. The lowest BCUT2D eigenvalue weighted by Gasteiger charge is -2.24. The highest BCUT2D eigenvalue weighted by Gasteiger charge is 2.49. The Hall–Kier alpha value is -2.22. The summed E-state index contributed by atoms with van der Waals surface area (Å²) in [7, 11) is -11.8. The van der Waals surface area contributed by atoms with Crippen LogP contribution in [0.4, 0.5) is 26.3 Å². The summed E-state index contributed by atoms with van der Waals surface area (Å²) < 4.78 is 129. The molecule has 0 bridgehead atoms. The molecule has 14 heteroatoms. The molecular weight excluding hydrogens is 466 g/mol. The molecule has 0 radical (unpaired) electrons. The summed E-state index contributed by atoms with van der Waals surface area (Å²) >= 11 is 0. The Morgan fingerprint density at radius 3 is 1.27 bits per heavy atom. The molecule has 0 aromatic heterocycles. The fraction of sp³-hybridized carbons (Fsp3) is 0.375. The Bertz CT molecular complexity index is 1050. The van der Waals surface area contributed by atoms with Gasteiger partial charge in [0, 0.05) is 12.8 Å². The van der Waals surface area contributed by atoms with Crippen molar-refractivity contribution in [1.29, 1.82) is 0 Å². The maximum absolute atomic E-state index is 12.5. The van der Waals surface area contributed by atoms with Gasteiger partial charge in [0.2, 0.25) is 0 Å². The molecule has 30 heavy (non-hydrogen) atoms. The molecule has 0 aliphatic heterocycles. The highest BCUT2D eigenvalue weighted by Crippen LogP contribution is 2.37. The van der Waals surface area contributed by atoms with Gasteiger partial charge in [-0.25, -0.2) is 0 Å². The fourth-order valence-electron chi connectivity index (χ4n) is 2.99. The Balaban J connectivity index is 2.00. The van der Waals surface area contributed by atoms with Gasteiger partial charge in [-0.05, 0) is 47.2 Å². The molecule has 3 rings (SSSR count). The largest absolute Gasteiger partial charge is 0.534 e. The second-order valence-corrected chi connectivity index (χ2v) is 9.47. The highest BCUT2D eigenvalue weighted by atomic mass is 32.2. The number of aryl methyl sites for hydroxylation is 2. The van der Waals surface area contributed by atoms with Crippen molar-refractivity contribution in [2.75, 3.05) is 0 Å². The Morgan fingerprint density at radius 1 is 0.633 bits per heavy atom. The van der Waals surface area contributed by atoms with Crippen LogP contribution in [0, 0.1) is 0 Å². The molecule has 2 aliphatic rings. The first-order valence-corrected chi connectivity index (χ1v) is 11.0. The van der Waals surface area contributed by atoms with Crippen molar-refractivity contribution >= 4 is 32.4 Å². The van der Waals surface area contributed by atoms with Crippen LogP contribution in [0.1, 0.15) is 35.1 Å². The van der Waals surface area contributed by atoms with Crippen LogP contribution in [0.3, 0.4) is 0 Å². The number of hydrogen-bond donors (Lipinski definition) is 0. The van der Waals surface area contributed by atoms with Crippen LogP contribution in [0.5, 0.6) is 0 Å². The summed E-state index contributed by atoms with van der Waals surface area (Å²) in [5.74, 6) is -1.00. The summed E-state index contributed by atoms with van der Waals surface area (Å²) in [4.78, 5) is 0. The van der Waals surface area contributed by atoms with Crippen molar-refractivity contribution in [3.05, 3.63) is 45.9 Å². The number of allylic oxidation sites excluding steroid dienone is 2. The summed E-state index contributed by atoms with van der Waals surface area (Å²) in [6.07, 6.45) is 1.98. The molecule has 0 atom stereocenters. The summed E-state index contributed by atoms with van der Waals surface area (Å²) in [6.45, 7) is 0. The minimum Gasteiger partial charge on any atom is -0.381 e. The maximum Gasteiger partial charge on any atom is 0.534 e. The molecular formula is C16H12F6O6S2. The van der Waals surface area contributed by atoms with Gasteiger partial charge in [0.05, 0.1) is 0 Å². The van der Waals surface area contributed by atoms with Crippen LogP contribution in [-0.4, -0.2) is 27.9 Å². The van der Waals surface area contributed by atoms with E-state index in [1.165, 1.54) is 0 Å². The van der Waals surface area contributed by atoms with E-state index in [1.54, 1.807) is 12.1 Å². The van der Waals surface area contributed by atoms with E-state index in [0.29, 0.717) is 11.1 Å². The second-order valence-electron chi connectivity index (χ2n) is 6.40. The van der Waals surface area contributed by atoms with Gasteiger partial charge in [-0.15, -0.1) is 0 Å². The molecule has 1 aromatic rings. The predicted octanol–water partition coefficient (Wildman–Crippen LogP) is 3.99. The number of fused-ring (bicyclic) bond motifs is 3. The topological polar surface area (TPSA) is 86.7 Å². The van der Waals surface area contributed by atoms with Crippen LogP contribution < -0.4 is 0 Å². The van der Waals surface area contributed by atoms with E-state index in [0.717, 1.165) is 12.2 Å². The Labute approximate surface area is 167 Å². The molecule has 6 nitrogen and oxygen atoms in total. The van der Waals surface area contributed by atoms with Crippen molar-refractivity contribution < 1.29 is 51.5 Å². The lowest BCUT2D eigenvalue weighted by atomic mass is 9.85. The molecule has 0 spiro atoms. The van der Waals surface area contributed by atoms with E-state index < -0.39 is 42.8 Å². The van der Waals surface area contributed by atoms with E-state index in [4.69, 9.17) is 0 Å². The summed E-state index contributed by atoms with van der Waals surface area (Å²) in [6, 6.07) is 3.29. The van der Waals surface area contributed by atoms with Crippen molar-refractivity contribution in [3.63, 3.8) is 0 Å². The van der Waals surface area contributed by atoms with Gasteiger partial charge in [0.1, 0.15) is 11.5 Å². The zero-order valence-electron chi connectivity index (χ0n) is 14.7. The van der Waals surface area contributed by atoms with E-state index in [9.17, 15) is 43.2 Å². The smallest absolute Gasteiger partial charge is 0.381 e. The third-order valence-electron chi connectivity index (χ3n) is 4.36. The minimum absolute atomic E-state index is 0.104. The number of rotatable bonds is 4. The SMILES string of the molecule is O=S(=O)(OC1=Cc2c(ccc3c2C=C(OS(=O)(=O)C(F)(F)F)CC3)CC1)C(F)(F)F. The predicted molar refractivity (Wildman–Crippen MR) is 91.2 cm³/mol. The van der Waals surface area contributed by atoms with Crippen molar-refractivity contribution in [2.24, 2.45) is 0 Å². The molecule has 0 heterocycles. The monoisotopic (exact) mass is 478 g/mol. The highest BCUT2D eigenvalue weighted by molar-refractivity contribution is 7.88. The number of alkyl halides is 6. The van der Waals surface area contributed by atoms with Crippen LogP contribution in [0.15, 0.2) is 23.7 Å². The average molecular weight is 478 g/mol. The van der Waals surface area contributed by atoms with Crippen molar-refractivity contribution in [2.45, 2.75) is 36.7 Å². The molecule has 2 aliphatic carbocycles. The molecule has 0 saturated carbocycles. The van der Waals surface area contributed by atoms with Gasteiger partial charge in [0.15, 0.2) is 0 Å². The number of benzene rings is 1. The standard InChI is InChI=1S/C16H12F6O6S2/c17-15(18,19)29(23,24)27-11-5-3-9-1-2-10-4-6-12(8-14(10)13(9)7-11)28-30(25,26)16(20,21)22/h1-2,7-8H,3-6H2. The minimum atomic E-state index is -5.89. The summed E-state index contributed by atoms with van der Waals surface area (Å²) in [5.41, 5.74) is -9.68. The maximum atomic E-state index is 12.5. The van der Waals surface area contributed by atoms with Crippen LogP contribution >= 0.6 is 0 Å². The lowest BCUT2D eigenvalue weighted by molar-refractivity contribution is -0.0527. The molecule has 0 amide bonds. The zero-order valence-corrected chi connectivity index (χ0v) is 16.3. The Kier molecular flexibility index (Phi) is 5.38. The first-order chi connectivity index (χ1) is 13.6. The van der Waals surface area contributed by atoms with Crippen LogP contribution in [0.25, 0.3) is 12.2 Å². The second kappa shape index (κ2) is 7.18. The van der Waals surface area contributed by atoms with E-state index in [-0.39, 0.29) is 36.8 Å². The molecule has 0 N–H and O–H groups in total. The average Bonchev–Trinajstić information content (AvgIpc) is 2.59. The molecule has 0 fully saturated rings. The van der Waals surface area contributed by atoms with Gasteiger partial charge in [0.25, 0.3) is 0 Å². The fourth-order valence-corrected chi connectivity index (χ4v) is 4.01. The van der Waals surface area contributed by atoms with E-state index in [1.807, 2.05) is 0 Å².